The van der Waals surface area contributed by atoms with E-state index in [-0.39, 0.29) is 6.10 Å². The standard InChI is InChI=1S/C23H25NO4.C2H6/c1-26-15-4-5-16-18(8-15)20-10-23(28-3)22(27-2)9-19(20)17-7-13-6-14(25)11-24(13)12-21(16)17;1-2/h4-5,8-10,13-14,25H,6-7,11-12H2,1-3H3;1-2H3. The zero-order valence-electron chi connectivity index (χ0n) is 18.5. The summed E-state index contributed by atoms with van der Waals surface area (Å²) < 4.78 is 16.7. The van der Waals surface area contributed by atoms with Gasteiger partial charge in [0, 0.05) is 19.1 Å². The van der Waals surface area contributed by atoms with Crippen molar-refractivity contribution in [3.8, 4) is 17.2 Å². The van der Waals surface area contributed by atoms with Crippen LogP contribution in [0.15, 0.2) is 30.3 Å². The third-order valence-corrected chi connectivity index (χ3v) is 6.36. The lowest BCUT2D eigenvalue weighted by Crippen LogP contribution is -2.35. The zero-order valence-corrected chi connectivity index (χ0v) is 18.5. The fraction of sp³-hybridized carbons (Fsp3) is 0.440. The summed E-state index contributed by atoms with van der Waals surface area (Å²) in [4.78, 5) is 2.42. The van der Waals surface area contributed by atoms with Crippen LogP contribution in [0.3, 0.4) is 0 Å². The highest BCUT2D eigenvalue weighted by atomic mass is 16.5. The summed E-state index contributed by atoms with van der Waals surface area (Å²) in [6.07, 6.45) is 1.56. The molecule has 2 heterocycles. The van der Waals surface area contributed by atoms with Gasteiger partial charge in [-0.05, 0) is 69.8 Å². The molecule has 2 unspecified atom stereocenters. The van der Waals surface area contributed by atoms with E-state index in [0.717, 1.165) is 54.0 Å². The van der Waals surface area contributed by atoms with Crippen LogP contribution in [0.1, 0.15) is 31.4 Å². The number of fused-ring (bicyclic) bond motifs is 7. The van der Waals surface area contributed by atoms with Gasteiger partial charge in [0.05, 0.1) is 27.4 Å². The molecule has 2 atom stereocenters. The van der Waals surface area contributed by atoms with Gasteiger partial charge >= 0.3 is 0 Å². The van der Waals surface area contributed by atoms with Crippen LogP contribution in [0.5, 0.6) is 17.2 Å². The molecule has 2 aliphatic rings. The number of methoxy groups -OCH3 is 3. The van der Waals surface area contributed by atoms with Crippen molar-refractivity contribution < 1.29 is 19.3 Å². The van der Waals surface area contributed by atoms with E-state index in [1.54, 1.807) is 21.3 Å². The van der Waals surface area contributed by atoms with Gasteiger partial charge in [-0.3, -0.25) is 4.90 Å². The van der Waals surface area contributed by atoms with Crippen molar-refractivity contribution in [2.24, 2.45) is 0 Å². The minimum absolute atomic E-state index is 0.230. The van der Waals surface area contributed by atoms with Crippen LogP contribution in [-0.4, -0.2) is 50.0 Å². The third kappa shape index (κ3) is 3.26. The van der Waals surface area contributed by atoms with E-state index in [9.17, 15) is 5.11 Å². The number of hydrogen-bond acceptors (Lipinski definition) is 5. The normalized spacial score (nSPS) is 20.3. The zero-order chi connectivity index (χ0) is 21.4. The van der Waals surface area contributed by atoms with Crippen LogP contribution < -0.4 is 14.2 Å². The molecule has 5 nitrogen and oxygen atoms in total. The number of aliphatic hydroxyl groups excluding tert-OH is 1. The Hall–Kier alpha value is -2.50. The minimum atomic E-state index is -0.230. The average molecular weight is 410 g/mol. The number of ether oxygens (including phenoxy) is 3. The number of benzene rings is 3. The second kappa shape index (κ2) is 8.32. The van der Waals surface area contributed by atoms with Crippen LogP contribution in [0.25, 0.3) is 21.5 Å². The van der Waals surface area contributed by atoms with E-state index in [2.05, 4.69) is 29.2 Å². The van der Waals surface area contributed by atoms with Gasteiger partial charge in [-0.15, -0.1) is 0 Å². The third-order valence-electron chi connectivity index (χ3n) is 6.36. The van der Waals surface area contributed by atoms with Crippen molar-refractivity contribution in [2.45, 2.75) is 45.4 Å². The first-order chi connectivity index (χ1) is 14.6. The smallest absolute Gasteiger partial charge is 0.161 e. The highest BCUT2D eigenvalue weighted by Crippen LogP contribution is 2.44. The summed E-state index contributed by atoms with van der Waals surface area (Å²) >= 11 is 0. The largest absolute Gasteiger partial charge is 0.497 e. The van der Waals surface area contributed by atoms with Crippen molar-refractivity contribution in [3.05, 3.63) is 41.5 Å². The molecule has 0 aliphatic carbocycles. The molecule has 0 radical (unpaired) electrons. The predicted molar refractivity (Wildman–Crippen MR) is 121 cm³/mol. The molecular formula is C25H31NO4. The summed E-state index contributed by atoms with van der Waals surface area (Å²) in [6.45, 7) is 5.62. The van der Waals surface area contributed by atoms with Crippen molar-refractivity contribution in [1.82, 2.24) is 4.90 Å². The Labute approximate surface area is 178 Å². The Balaban J connectivity index is 0.00000106. The Morgan fingerprint density at radius 1 is 0.833 bits per heavy atom. The molecule has 0 aromatic heterocycles. The molecule has 3 aromatic carbocycles. The van der Waals surface area contributed by atoms with Crippen LogP contribution in [-0.2, 0) is 13.0 Å². The second-order valence-corrected chi connectivity index (χ2v) is 7.80. The molecule has 0 bridgehead atoms. The first kappa shape index (κ1) is 20.8. The fourth-order valence-electron chi connectivity index (χ4n) is 5.03. The summed E-state index contributed by atoms with van der Waals surface area (Å²) in [7, 11) is 5.04. The van der Waals surface area contributed by atoms with Gasteiger partial charge in [-0.25, -0.2) is 0 Å². The molecule has 160 valence electrons. The van der Waals surface area contributed by atoms with E-state index in [4.69, 9.17) is 14.2 Å². The van der Waals surface area contributed by atoms with Crippen molar-refractivity contribution in [2.75, 3.05) is 27.9 Å². The summed E-state index contributed by atoms with van der Waals surface area (Å²) in [5.41, 5.74) is 2.71. The molecule has 0 amide bonds. The van der Waals surface area contributed by atoms with E-state index in [0.29, 0.717) is 6.04 Å². The van der Waals surface area contributed by atoms with Crippen LogP contribution in [0.4, 0.5) is 0 Å². The Kier molecular flexibility index (Phi) is 5.76. The number of rotatable bonds is 3. The molecule has 0 saturated carbocycles. The summed E-state index contributed by atoms with van der Waals surface area (Å²) in [5, 5.41) is 14.9. The molecule has 1 saturated heterocycles. The molecule has 3 aromatic rings. The van der Waals surface area contributed by atoms with Gasteiger partial charge in [0.15, 0.2) is 11.5 Å². The minimum Gasteiger partial charge on any atom is -0.497 e. The molecule has 1 N–H and O–H groups in total. The molecule has 1 fully saturated rings. The number of aliphatic hydroxyl groups is 1. The number of nitrogens with zero attached hydrogens (tertiary/aromatic N) is 1. The molecule has 2 aliphatic heterocycles. The Bertz CT molecular complexity index is 1080. The molecule has 0 spiro atoms. The van der Waals surface area contributed by atoms with Crippen LogP contribution >= 0.6 is 0 Å². The second-order valence-electron chi connectivity index (χ2n) is 7.80. The monoisotopic (exact) mass is 409 g/mol. The van der Waals surface area contributed by atoms with Gasteiger partial charge in [-0.1, -0.05) is 19.9 Å². The van der Waals surface area contributed by atoms with Gasteiger partial charge in [0.1, 0.15) is 5.75 Å². The quantitative estimate of drug-likeness (QED) is 0.644. The first-order valence-corrected chi connectivity index (χ1v) is 10.7. The Morgan fingerprint density at radius 3 is 2.17 bits per heavy atom. The first-order valence-electron chi connectivity index (χ1n) is 10.7. The Morgan fingerprint density at radius 2 is 1.50 bits per heavy atom. The predicted octanol–water partition coefficient (Wildman–Crippen LogP) is 4.54. The highest BCUT2D eigenvalue weighted by molar-refractivity contribution is 6.12. The van der Waals surface area contributed by atoms with Crippen molar-refractivity contribution in [3.63, 3.8) is 0 Å². The summed E-state index contributed by atoms with van der Waals surface area (Å²) in [5.74, 6) is 2.31. The molecule has 30 heavy (non-hydrogen) atoms. The van der Waals surface area contributed by atoms with Gasteiger partial charge in [0.25, 0.3) is 0 Å². The SMILES string of the molecule is CC.COc1ccc2c3c(c4cc(OC)c(OC)cc4c2c1)CC1CC(O)CN1C3. The maximum Gasteiger partial charge on any atom is 0.161 e. The van der Waals surface area contributed by atoms with E-state index >= 15 is 0 Å². The van der Waals surface area contributed by atoms with Gasteiger partial charge < -0.3 is 19.3 Å². The lowest BCUT2D eigenvalue weighted by Gasteiger charge is -2.33. The van der Waals surface area contributed by atoms with E-state index in [1.807, 2.05) is 19.9 Å². The van der Waals surface area contributed by atoms with Gasteiger partial charge in [-0.2, -0.15) is 0 Å². The van der Waals surface area contributed by atoms with Crippen LogP contribution in [0.2, 0.25) is 0 Å². The topological polar surface area (TPSA) is 51.2 Å². The lowest BCUT2D eigenvalue weighted by molar-refractivity contribution is 0.171. The molecule has 5 rings (SSSR count). The van der Waals surface area contributed by atoms with Crippen molar-refractivity contribution in [1.29, 1.82) is 0 Å². The fourth-order valence-corrected chi connectivity index (χ4v) is 5.03. The van der Waals surface area contributed by atoms with Crippen molar-refractivity contribution >= 4 is 21.5 Å². The highest BCUT2D eigenvalue weighted by Gasteiger charge is 2.36. The van der Waals surface area contributed by atoms with Gasteiger partial charge in [0.2, 0.25) is 0 Å². The maximum atomic E-state index is 10.2. The van der Waals surface area contributed by atoms with Crippen LogP contribution in [0, 0.1) is 0 Å². The maximum absolute atomic E-state index is 10.2. The van der Waals surface area contributed by atoms with E-state index < -0.39 is 0 Å². The molecule has 5 heteroatoms. The average Bonchev–Trinajstić information content (AvgIpc) is 3.16. The van der Waals surface area contributed by atoms with E-state index in [1.165, 1.54) is 21.9 Å². The summed E-state index contributed by atoms with van der Waals surface area (Å²) in [6, 6.07) is 10.9. The lowest BCUT2D eigenvalue weighted by atomic mass is 9.85. The molecular weight excluding hydrogens is 378 g/mol. The number of hydrogen-bond donors (Lipinski definition) is 1.